The molecule has 1 aliphatic rings. The van der Waals surface area contributed by atoms with Gasteiger partial charge in [-0.3, -0.25) is 14.2 Å². The van der Waals surface area contributed by atoms with Crippen LogP contribution in [0.5, 0.6) is 11.5 Å². The number of fused-ring (bicyclic) bond motifs is 2. The van der Waals surface area contributed by atoms with Crippen LogP contribution in [0.15, 0.2) is 47.5 Å². The van der Waals surface area contributed by atoms with Crippen LogP contribution in [0.4, 0.5) is 5.69 Å². The Hall–Kier alpha value is -3.35. The molecule has 0 fully saturated rings. The standard InChI is InChI=1S/C20H19N3O4/c1-26-17-9-13-15(10-18(17)27-2)21-11-23(20(13)25)16-8-7-12-5-3-4-6-14(12)22-19(16)24/h3-6,9-11,16H,7-8H2,1-2H3,(H,22,24). The number of ether oxygens (including phenoxy) is 2. The lowest BCUT2D eigenvalue weighted by Gasteiger charge is -2.17. The van der Waals surface area contributed by atoms with Gasteiger partial charge in [-0.1, -0.05) is 18.2 Å². The Morgan fingerprint density at radius 3 is 2.63 bits per heavy atom. The maximum Gasteiger partial charge on any atom is 0.262 e. The molecular formula is C20H19N3O4. The number of methoxy groups -OCH3 is 2. The van der Waals surface area contributed by atoms with Gasteiger partial charge in [0.2, 0.25) is 5.91 Å². The van der Waals surface area contributed by atoms with Gasteiger partial charge in [-0.25, -0.2) is 4.98 Å². The van der Waals surface area contributed by atoms with E-state index >= 15 is 0 Å². The predicted molar refractivity (Wildman–Crippen MR) is 102 cm³/mol. The average molecular weight is 365 g/mol. The molecule has 0 saturated heterocycles. The van der Waals surface area contributed by atoms with Crippen LogP contribution in [0.3, 0.4) is 0 Å². The number of carbonyl (C=O) groups is 1. The summed E-state index contributed by atoms with van der Waals surface area (Å²) < 4.78 is 11.9. The van der Waals surface area contributed by atoms with Crippen molar-refractivity contribution in [3.05, 3.63) is 58.6 Å². The molecule has 1 unspecified atom stereocenters. The summed E-state index contributed by atoms with van der Waals surface area (Å²) in [6, 6.07) is 10.3. The second kappa shape index (κ2) is 6.75. The number of nitrogens with one attached hydrogen (secondary N) is 1. The maximum absolute atomic E-state index is 13.1. The minimum Gasteiger partial charge on any atom is -0.493 e. The van der Waals surface area contributed by atoms with Crippen molar-refractivity contribution >= 4 is 22.5 Å². The fourth-order valence-corrected chi connectivity index (χ4v) is 3.45. The molecule has 3 aromatic rings. The van der Waals surface area contributed by atoms with E-state index in [1.807, 2.05) is 24.3 Å². The zero-order chi connectivity index (χ0) is 19.0. The molecule has 0 aliphatic carbocycles. The number of aryl methyl sites for hydroxylation is 1. The largest absolute Gasteiger partial charge is 0.493 e. The normalized spacial score (nSPS) is 16.4. The van der Waals surface area contributed by atoms with E-state index in [1.165, 1.54) is 25.1 Å². The predicted octanol–water partition coefficient (Wildman–Crippen LogP) is 2.54. The van der Waals surface area contributed by atoms with Crippen LogP contribution < -0.4 is 20.3 Å². The van der Waals surface area contributed by atoms with E-state index in [0.717, 1.165) is 11.3 Å². The monoisotopic (exact) mass is 365 g/mol. The van der Waals surface area contributed by atoms with Gasteiger partial charge in [-0.2, -0.15) is 0 Å². The molecule has 1 aliphatic heterocycles. The van der Waals surface area contributed by atoms with Crippen LogP contribution in [-0.4, -0.2) is 29.7 Å². The van der Waals surface area contributed by atoms with E-state index < -0.39 is 6.04 Å². The first-order valence-corrected chi connectivity index (χ1v) is 8.64. The zero-order valence-corrected chi connectivity index (χ0v) is 15.1. The van der Waals surface area contributed by atoms with Gasteiger partial charge in [0.05, 0.1) is 31.4 Å². The Morgan fingerprint density at radius 2 is 1.85 bits per heavy atom. The van der Waals surface area contributed by atoms with Crippen LogP contribution in [0.25, 0.3) is 10.9 Å². The molecule has 1 atom stereocenters. The number of para-hydroxylation sites is 1. The molecule has 0 spiro atoms. The van der Waals surface area contributed by atoms with Gasteiger partial charge in [0.25, 0.3) is 5.56 Å². The summed E-state index contributed by atoms with van der Waals surface area (Å²) >= 11 is 0. The lowest BCUT2D eigenvalue weighted by molar-refractivity contribution is -0.119. The third-order valence-electron chi connectivity index (χ3n) is 4.89. The Labute approximate surface area is 155 Å². The Kier molecular flexibility index (Phi) is 4.27. The number of amides is 1. The van der Waals surface area contributed by atoms with Crippen molar-refractivity contribution in [2.45, 2.75) is 18.9 Å². The number of rotatable bonds is 3. The highest BCUT2D eigenvalue weighted by atomic mass is 16.5. The Balaban J connectivity index is 1.79. The number of benzene rings is 2. The van der Waals surface area contributed by atoms with E-state index in [-0.39, 0.29) is 11.5 Å². The molecule has 27 heavy (non-hydrogen) atoms. The van der Waals surface area contributed by atoms with Crippen molar-refractivity contribution in [2.24, 2.45) is 0 Å². The first kappa shape index (κ1) is 17.1. The smallest absolute Gasteiger partial charge is 0.262 e. The topological polar surface area (TPSA) is 82.5 Å². The Morgan fingerprint density at radius 1 is 1.11 bits per heavy atom. The van der Waals surface area contributed by atoms with Crippen molar-refractivity contribution in [2.75, 3.05) is 19.5 Å². The van der Waals surface area contributed by atoms with Gasteiger partial charge in [0.15, 0.2) is 11.5 Å². The summed E-state index contributed by atoms with van der Waals surface area (Å²) in [5, 5.41) is 3.30. The second-order valence-electron chi connectivity index (χ2n) is 6.38. The van der Waals surface area contributed by atoms with Gasteiger partial charge in [0.1, 0.15) is 6.04 Å². The number of anilines is 1. The minimum absolute atomic E-state index is 0.219. The van der Waals surface area contributed by atoms with E-state index in [9.17, 15) is 9.59 Å². The molecule has 0 bridgehead atoms. The van der Waals surface area contributed by atoms with Crippen molar-refractivity contribution in [1.29, 1.82) is 0 Å². The van der Waals surface area contributed by atoms with Crippen molar-refractivity contribution in [3.8, 4) is 11.5 Å². The molecule has 1 amide bonds. The zero-order valence-electron chi connectivity index (χ0n) is 15.1. The van der Waals surface area contributed by atoms with Gasteiger partial charge in [-0.05, 0) is 30.5 Å². The second-order valence-corrected chi connectivity index (χ2v) is 6.38. The van der Waals surface area contributed by atoms with E-state index in [0.29, 0.717) is 35.2 Å². The minimum atomic E-state index is -0.630. The number of carbonyl (C=O) groups excluding carboxylic acids is 1. The highest BCUT2D eigenvalue weighted by molar-refractivity contribution is 5.95. The molecule has 0 radical (unpaired) electrons. The highest BCUT2D eigenvalue weighted by Crippen LogP contribution is 2.31. The number of aromatic nitrogens is 2. The lowest BCUT2D eigenvalue weighted by atomic mass is 10.1. The van der Waals surface area contributed by atoms with E-state index in [4.69, 9.17) is 9.47 Å². The van der Waals surface area contributed by atoms with Gasteiger partial charge in [0, 0.05) is 11.8 Å². The SMILES string of the molecule is COc1cc2ncn(C3CCc4ccccc4NC3=O)c(=O)c2cc1OC. The Bertz CT molecular complexity index is 1090. The summed E-state index contributed by atoms with van der Waals surface area (Å²) in [5.74, 6) is 0.723. The molecule has 2 aromatic carbocycles. The molecule has 2 heterocycles. The van der Waals surface area contributed by atoms with Crippen LogP contribution >= 0.6 is 0 Å². The van der Waals surface area contributed by atoms with Crippen LogP contribution in [0, 0.1) is 0 Å². The van der Waals surface area contributed by atoms with Gasteiger partial charge in [-0.15, -0.1) is 0 Å². The van der Waals surface area contributed by atoms with Crippen molar-refractivity contribution < 1.29 is 14.3 Å². The quantitative estimate of drug-likeness (QED) is 0.771. The number of hydrogen-bond acceptors (Lipinski definition) is 5. The molecule has 1 N–H and O–H groups in total. The maximum atomic E-state index is 13.1. The van der Waals surface area contributed by atoms with Crippen LogP contribution in [0.2, 0.25) is 0 Å². The fourth-order valence-electron chi connectivity index (χ4n) is 3.45. The number of nitrogens with zero attached hydrogens (tertiary/aromatic N) is 2. The summed E-state index contributed by atoms with van der Waals surface area (Å²) in [5.41, 5.74) is 2.05. The summed E-state index contributed by atoms with van der Waals surface area (Å²) in [7, 11) is 3.03. The molecule has 7 nitrogen and oxygen atoms in total. The molecular weight excluding hydrogens is 346 g/mol. The fraction of sp³-hybridized carbons (Fsp3) is 0.250. The van der Waals surface area contributed by atoms with Gasteiger partial charge < -0.3 is 14.8 Å². The molecule has 0 saturated carbocycles. The third-order valence-corrected chi connectivity index (χ3v) is 4.89. The number of hydrogen-bond donors (Lipinski definition) is 1. The summed E-state index contributed by atoms with van der Waals surface area (Å²) in [6.45, 7) is 0. The highest BCUT2D eigenvalue weighted by Gasteiger charge is 2.26. The van der Waals surface area contributed by atoms with E-state index in [2.05, 4.69) is 10.3 Å². The third kappa shape index (κ3) is 2.91. The van der Waals surface area contributed by atoms with Crippen molar-refractivity contribution in [1.82, 2.24) is 9.55 Å². The first-order chi connectivity index (χ1) is 13.1. The van der Waals surface area contributed by atoms with Crippen molar-refractivity contribution in [3.63, 3.8) is 0 Å². The molecule has 7 heteroatoms. The van der Waals surface area contributed by atoms with Gasteiger partial charge >= 0.3 is 0 Å². The van der Waals surface area contributed by atoms with E-state index in [1.54, 1.807) is 12.1 Å². The molecule has 1 aromatic heterocycles. The first-order valence-electron chi connectivity index (χ1n) is 8.64. The summed E-state index contributed by atoms with van der Waals surface area (Å²) in [6.07, 6.45) is 2.63. The van der Waals surface area contributed by atoms with Crippen LogP contribution in [0.1, 0.15) is 18.0 Å². The molecule has 4 rings (SSSR count). The molecule has 138 valence electrons. The summed E-state index contributed by atoms with van der Waals surface area (Å²) in [4.78, 5) is 30.2. The van der Waals surface area contributed by atoms with Crippen LogP contribution in [-0.2, 0) is 11.2 Å². The average Bonchev–Trinajstić information content (AvgIpc) is 2.86. The lowest BCUT2D eigenvalue weighted by Crippen LogP contribution is -2.33.